The lowest BCUT2D eigenvalue weighted by Crippen LogP contribution is -2.48. The maximum absolute atomic E-state index is 12.8. The largest absolute Gasteiger partial charge is 0.372 e. The fraction of sp³-hybridized carbons (Fsp3) is 0.667. The lowest BCUT2D eigenvalue weighted by Gasteiger charge is -2.35. The van der Waals surface area contributed by atoms with Crippen LogP contribution in [-0.4, -0.2) is 61.2 Å². The van der Waals surface area contributed by atoms with Crippen molar-refractivity contribution < 1.29 is 22.7 Å². The minimum Gasteiger partial charge on any atom is -0.372 e. The molecule has 8 nitrogen and oxygen atoms in total. The number of benzene rings is 1. The van der Waals surface area contributed by atoms with Crippen LogP contribution in [0, 0.1) is 5.92 Å². The molecular weight excluding hydrogens is 442 g/mol. The molecule has 3 rings (SSSR count). The van der Waals surface area contributed by atoms with Gasteiger partial charge in [0, 0.05) is 36.3 Å². The van der Waals surface area contributed by atoms with E-state index in [1.165, 1.54) is 0 Å². The summed E-state index contributed by atoms with van der Waals surface area (Å²) in [5, 5.41) is 2.94. The lowest BCUT2D eigenvalue weighted by molar-refractivity contribution is -0.120. The van der Waals surface area contributed by atoms with Gasteiger partial charge in [-0.1, -0.05) is 0 Å². The highest BCUT2D eigenvalue weighted by Crippen LogP contribution is 2.27. The molecule has 2 atom stereocenters. The molecule has 1 saturated heterocycles. The summed E-state index contributed by atoms with van der Waals surface area (Å²) in [7, 11) is -3.40. The van der Waals surface area contributed by atoms with Gasteiger partial charge in [-0.15, -0.1) is 0 Å². The molecule has 1 saturated carbocycles. The molecule has 1 aliphatic heterocycles. The van der Waals surface area contributed by atoms with Gasteiger partial charge in [0.25, 0.3) is 5.91 Å². The number of carbonyl (C=O) groups is 2. The van der Waals surface area contributed by atoms with Crippen LogP contribution in [0.3, 0.4) is 0 Å². The molecule has 1 aromatic rings. The molecule has 2 amide bonds. The third-order valence-electron chi connectivity index (χ3n) is 6.33. The van der Waals surface area contributed by atoms with Gasteiger partial charge in [-0.25, -0.2) is 13.1 Å². The van der Waals surface area contributed by atoms with Gasteiger partial charge in [-0.3, -0.25) is 9.59 Å². The van der Waals surface area contributed by atoms with Gasteiger partial charge in [0.15, 0.2) is 0 Å². The summed E-state index contributed by atoms with van der Waals surface area (Å²) >= 11 is 0. The zero-order chi connectivity index (χ0) is 24.4. The third-order valence-corrected chi connectivity index (χ3v) is 8.59. The monoisotopic (exact) mass is 479 g/mol. The third kappa shape index (κ3) is 6.55. The fourth-order valence-corrected chi connectivity index (χ4v) is 5.36. The molecule has 33 heavy (non-hydrogen) atoms. The molecule has 0 aromatic heterocycles. The Kier molecular flexibility index (Phi) is 7.86. The highest BCUT2D eigenvalue weighted by molar-refractivity contribution is 7.90. The minimum atomic E-state index is -3.40. The van der Waals surface area contributed by atoms with E-state index in [0.29, 0.717) is 50.0 Å². The van der Waals surface area contributed by atoms with Crippen LogP contribution in [0.1, 0.15) is 70.7 Å². The number of hydrogen-bond acceptors (Lipinski definition) is 5. The van der Waals surface area contributed by atoms with Crippen molar-refractivity contribution in [3.05, 3.63) is 29.8 Å². The Hall–Kier alpha value is -1.97. The number of carbonyl (C=O) groups excluding carboxylic acids is 2. The first-order valence-corrected chi connectivity index (χ1v) is 13.2. The highest BCUT2D eigenvalue weighted by atomic mass is 32.2. The predicted molar refractivity (Wildman–Crippen MR) is 129 cm³/mol. The Balaban J connectivity index is 1.51. The van der Waals surface area contributed by atoms with E-state index in [1.54, 1.807) is 49.9 Å². The number of morpholine rings is 1. The van der Waals surface area contributed by atoms with Crippen molar-refractivity contribution in [1.82, 2.24) is 9.62 Å². The number of nitrogens with zero attached hydrogens (tertiary/aromatic N) is 1. The summed E-state index contributed by atoms with van der Waals surface area (Å²) in [5.74, 6) is -0.258. The van der Waals surface area contributed by atoms with E-state index in [1.807, 2.05) is 13.8 Å². The molecule has 1 heterocycles. The number of rotatable bonds is 5. The number of anilines is 1. The van der Waals surface area contributed by atoms with E-state index >= 15 is 0 Å². The summed E-state index contributed by atoms with van der Waals surface area (Å²) in [4.78, 5) is 27.3. The quantitative estimate of drug-likeness (QED) is 0.675. The second-order valence-electron chi connectivity index (χ2n) is 10.3. The molecule has 0 spiro atoms. The van der Waals surface area contributed by atoms with Crippen LogP contribution < -0.4 is 10.0 Å². The zero-order valence-electron chi connectivity index (χ0n) is 20.3. The molecule has 2 aliphatic rings. The van der Waals surface area contributed by atoms with Crippen molar-refractivity contribution in [2.75, 3.05) is 18.4 Å². The number of hydrogen-bond donors (Lipinski definition) is 2. The molecule has 9 heteroatoms. The number of amides is 2. The van der Waals surface area contributed by atoms with Gasteiger partial charge in [-0.2, -0.15) is 0 Å². The van der Waals surface area contributed by atoms with E-state index in [9.17, 15) is 18.0 Å². The summed E-state index contributed by atoms with van der Waals surface area (Å²) < 4.78 is 32.4. The summed E-state index contributed by atoms with van der Waals surface area (Å²) in [6.45, 7) is 10.1. The Morgan fingerprint density at radius 3 is 2.03 bits per heavy atom. The Labute approximate surface area is 197 Å². The molecular formula is C24H37N3O5S. The maximum atomic E-state index is 12.8. The molecule has 0 bridgehead atoms. The van der Waals surface area contributed by atoms with Gasteiger partial charge in [0.05, 0.1) is 17.0 Å². The van der Waals surface area contributed by atoms with Crippen molar-refractivity contribution in [2.24, 2.45) is 5.92 Å². The van der Waals surface area contributed by atoms with E-state index in [0.717, 1.165) is 0 Å². The van der Waals surface area contributed by atoms with E-state index in [-0.39, 0.29) is 36.0 Å². The van der Waals surface area contributed by atoms with Crippen molar-refractivity contribution >= 4 is 27.5 Å². The van der Waals surface area contributed by atoms with E-state index in [2.05, 4.69) is 10.0 Å². The average Bonchev–Trinajstić information content (AvgIpc) is 2.72. The average molecular weight is 480 g/mol. The smallest absolute Gasteiger partial charge is 0.254 e. The minimum absolute atomic E-state index is 0.00937. The van der Waals surface area contributed by atoms with Crippen molar-refractivity contribution in [2.45, 2.75) is 83.3 Å². The number of nitrogens with one attached hydrogen (secondary N) is 2. The standard InChI is InChI=1S/C24H37N3O5S/c1-16-14-27(15-17(2)32-16)23(29)19-8-10-20(11-9-19)25-22(28)18-6-12-21(13-7-18)26-33(30,31)24(3,4)5/h8-11,16-18,21,26H,6-7,12-15H2,1-5H3,(H,25,28)/t16-,17+,18-,21-. The molecule has 2 N–H and O–H groups in total. The Morgan fingerprint density at radius 2 is 1.52 bits per heavy atom. The maximum Gasteiger partial charge on any atom is 0.254 e. The van der Waals surface area contributed by atoms with Crippen LogP contribution >= 0.6 is 0 Å². The fourth-order valence-electron chi connectivity index (χ4n) is 4.34. The molecule has 0 unspecified atom stereocenters. The molecule has 1 aliphatic carbocycles. The topological polar surface area (TPSA) is 105 Å². The lowest BCUT2D eigenvalue weighted by atomic mass is 9.86. The predicted octanol–water partition coefficient (Wildman–Crippen LogP) is 3.15. The highest BCUT2D eigenvalue weighted by Gasteiger charge is 2.34. The van der Waals surface area contributed by atoms with Gasteiger partial charge in [0.1, 0.15) is 0 Å². The van der Waals surface area contributed by atoms with Gasteiger partial charge >= 0.3 is 0 Å². The second-order valence-corrected chi connectivity index (χ2v) is 12.8. The summed E-state index contributed by atoms with van der Waals surface area (Å²) in [5.41, 5.74) is 1.23. The number of ether oxygens (including phenoxy) is 1. The zero-order valence-corrected chi connectivity index (χ0v) is 21.1. The molecule has 184 valence electrons. The van der Waals surface area contributed by atoms with Gasteiger partial charge < -0.3 is 15.0 Å². The van der Waals surface area contributed by atoms with Gasteiger partial charge in [-0.05, 0) is 84.6 Å². The normalized spacial score (nSPS) is 26.6. The molecule has 1 aromatic carbocycles. The first-order chi connectivity index (χ1) is 15.4. The first kappa shape index (κ1) is 25.6. The van der Waals surface area contributed by atoms with Crippen LogP contribution in [0.5, 0.6) is 0 Å². The van der Waals surface area contributed by atoms with E-state index < -0.39 is 14.8 Å². The van der Waals surface area contributed by atoms with Crippen LogP contribution in [0.15, 0.2) is 24.3 Å². The van der Waals surface area contributed by atoms with Crippen LogP contribution in [0.25, 0.3) is 0 Å². The van der Waals surface area contributed by atoms with E-state index in [4.69, 9.17) is 4.74 Å². The van der Waals surface area contributed by atoms with Gasteiger partial charge in [0.2, 0.25) is 15.9 Å². The summed E-state index contributed by atoms with van der Waals surface area (Å²) in [6, 6.07) is 6.85. The van der Waals surface area contributed by atoms with Crippen LogP contribution in [0.2, 0.25) is 0 Å². The van der Waals surface area contributed by atoms with Crippen molar-refractivity contribution in [3.8, 4) is 0 Å². The molecule has 0 radical (unpaired) electrons. The van der Waals surface area contributed by atoms with Crippen molar-refractivity contribution in [3.63, 3.8) is 0 Å². The summed E-state index contributed by atoms with van der Waals surface area (Å²) in [6.07, 6.45) is 2.56. The van der Waals surface area contributed by atoms with Crippen LogP contribution in [-0.2, 0) is 19.6 Å². The Morgan fingerprint density at radius 1 is 0.970 bits per heavy atom. The molecule has 2 fully saturated rings. The first-order valence-electron chi connectivity index (χ1n) is 11.7. The Bertz CT molecular complexity index is 937. The second kappa shape index (κ2) is 10.1. The SMILES string of the molecule is C[C@@H]1CN(C(=O)c2ccc(NC(=O)[C@H]3CC[C@H](NS(=O)(=O)C(C)(C)C)CC3)cc2)C[C@H](C)O1. The number of sulfonamides is 1. The van der Waals surface area contributed by atoms with Crippen LogP contribution in [0.4, 0.5) is 5.69 Å². The van der Waals surface area contributed by atoms with Crippen molar-refractivity contribution in [1.29, 1.82) is 0 Å².